The second-order valence-corrected chi connectivity index (χ2v) is 5.56. The summed E-state index contributed by atoms with van der Waals surface area (Å²) < 4.78 is 37.6. The van der Waals surface area contributed by atoms with Gasteiger partial charge >= 0.3 is 6.18 Å². The van der Waals surface area contributed by atoms with Crippen molar-refractivity contribution in [3.8, 4) is 16.6 Å². The molecule has 0 amide bonds. The Bertz CT molecular complexity index is 842. The van der Waals surface area contributed by atoms with E-state index in [1.54, 1.807) is 0 Å². The fraction of sp³-hybridized carbons (Fsp3) is 0.0667. The zero-order valence-corrected chi connectivity index (χ0v) is 12.3. The van der Waals surface area contributed by atoms with E-state index in [4.69, 9.17) is 0 Å². The lowest BCUT2D eigenvalue weighted by molar-refractivity contribution is -0.137. The molecule has 0 aliphatic heterocycles. The summed E-state index contributed by atoms with van der Waals surface area (Å²) in [6.45, 7) is 0. The van der Waals surface area contributed by atoms with Crippen molar-refractivity contribution in [3.05, 3.63) is 52.9 Å². The van der Waals surface area contributed by atoms with E-state index in [1.807, 2.05) is 17.5 Å². The summed E-state index contributed by atoms with van der Waals surface area (Å²) in [5.74, 6) is 0.274. The van der Waals surface area contributed by atoms with E-state index in [2.05, 4.69) is 21.6 Å². The number of nitrogens with zero attached hydrogens (tertiary/aromatic N) is 2. The molecule has 8 heteroatoms. The standard InChI is InChI=1S/C15H9F3N4S/c16-15(17,18)9-3-5-10(6-4-9)20-14-11(8-19)13(21-22-14)12-2-1-7-23-12/h1-7H,(H2,20,21,22). The van der Waals surface area contributed by atoms with Crippen LogP contribution in [0.15, 0.2) is 41.8 Å². The second-order valence-electron chi connectivity index (χ2n) is 4.61. The van der Waals surface area contributed by atoms with Crippen molar-refractivity contribution in [2.75, 3.05) is 5.32 Å². The van der Waals surface area contributed by atoms with Gasteiger partial charge in [0.1, 0.15) is 11.6 Å². The fourth-order valence-electron chi connectivity index (χ4n) is 2.02. The maximum atomic E-state index is 12.5. The minimum atomic E-state index is -4.38. The lowest BCUT2D eigenvalue weighted by Crippen LogP contribution is -2.04. The number of H-pyrrole nitrogens is 1. The Labute approximate surface area is 133 Å². The molecule has 1 aromatic carbocycles. The Balaban J connectivity index is 1.88. The average molecular weight is 334 g/mol. The van der Waals surface area contributed by atoms with Gasteiger partial charge < -0.3 is 5.32 Å². The molecule has 0 aliphatic rings. The van der Waals surface area contributed by atoms with Gasteiger partial charge in [-0.3, -0.25) is 5.10 Å². The number of nitriles is 1. The first kappa shape index (κ1) is 15.1. The molecule has 2 heterocycles. The number of benzene rings is 1. The smallest absolute Gasteiger partial charge is 0.338 e. The predicted molar refractivity (Wildman–Crippen MR) is 81.3 cm³/mol. The van der Waals surface area contributed by atoms with Gasteiger partial charge in [-0.1, -0.05) is 6.07 Å². The molecule has 0 fully saturated rings. The van der Waals surface area contributed by atoms with Crippen LogP contribution >= 0.6 is 11.3 Å². The van der Waals surface area contributed by atoms with Crippen LogP contribution in [0.1, 0.15) is 11.1 Å². The molecule has 4 nitrogen and oxygen atoms in total. The SMILES string of the molecule is N#Cc1c(Nc2ccc(C(F)(F)F)cc2)n[nH]c1-c1cccs1. The average Bonchev–Trinajstić information content (AvgIpc) is 3.15. The largest absolute Gasteiger partial charge is 0.416 e. The Hall–Kier alpha value is -2.79. The zero-order valence-electron chi connectivity index (χ0n) is 11.5. The van der Waals surface area contributed by atoms with Crippen LogP contribution in [0.3, 0.4) is 0 Å². The lowest BCUT2D eigenvalue weighted by Gasteiger charge is -2.08. The van der Waals surface area contributed by atoms with Gasteiger partial charge in [0, 0.05) is 5.69 Å². The molecule has 23 heavy (non-hydrogen) atoms. The summed E-state index contributed by atoms with van der Waals surface area (Å²) in [5.41, 5.74) is 0.577. The van der Waals surface area contributed by atoms with E-state index in [0.29, 0.717) is 16.9 Å². The van der Waals surface area contributed by atoms with Crippen molar-refractivity contribution < 1.29 is 13.2 Å². The second kappa shape index (κ2) is 5.78. The topological polar surface area (TPSA) is 64.5 Å². The molecule has 0 aliphatic carbocycles. The van der Waals surface area contributed by atoms with Gasteiger partial charge in [-0.05, 0) is 35.7 Å². The first-order valence-corrected chi connectivity index (χ1v) is 7.33. The van der Waals surface area contributed by atoms with Gasteiger partial charge in [0.05, 0.1) is 16.1 Å². The number of alkyl halides is 3. The van der Waals surface area contributed by atoms with Crippen LogP contribution in [0.25, 0.3) is 10.6 Å². The van der Waals surface area contributed by atoms with Crippen molar-refractivity contribution in [1.82, 2.24) is 10.2 Å². The lowest BCUT2D eigenvalue weighted by atomic mass is 10.2. The summed E-state index contributed by atoms with van der Waals surface area (Å²) in [7, 11) is 0. The van der Waals surface area contributed by atoms with Gasteiger partial charge in [0.15, 0.2) is 5.82 Å². The minimum Gasteiger partial charge on any atom is -0.338 e. The van der Waals surface area contributed by atoms with Crippen molar-refractivity contribution >= 4 is 22.8 Å². The highest BCUT2D eigenvalue weighted by molar-refractivity contribution is 7.13. The van der Waals surface area contributed by atoms with Crippen LogP contribution in [0.2, 0.25) is 0 Å². The van der Waals surface area contributed by atoms with Crippen LogP contribution in [0.4, 0.5) is 24.7 Å². The minimum absolute atomic E-state index is 0.274. The quantitative estimate of drug-likeness (QED) is 0.725. The highest BCUT2D eigenvalue weighted by atomic mass is 32.1. The highest BCUT2D eigenvalue weighted by Crippen LogP contribution is 2.32. The number of aromatic nitrogens is 2. The molecule has 2 N–H and O–H groups in total. The number of rotatable bonds is 3. The number of thiophene rings is 1. The molecule has 3 aromatic rings. The maximum absolute atomic E-state index is 12.5. The molecule has 0 saturated heterocycles. The zero-order chi connectivity index (χ0) is 16.4. The summed E-state index contributed by atoms with van der Waals surface area (Å²) in [4.78, 5) is 0.856. The molecule has 0 unspecified atom stereocenters. The van der Waals surface area contributed by atoms with Crippen LogP contribution in [0, 0.1) is 11.3 Å². The predicted octanol–water partition coefficient (Wildman–Crippen LogP) is 4.77. The first-order chi connectivity index (χ1) is 11.0. The Morgan fingerprint density at radius 2 is 1.91 bits per heavy atom. The number of hydrogen-bond donors (Lipinski definition) is 2. The van der Waals surface area contributed by atoms with Crippen LogP contribution in [0.5, 0.6) is 0 Å². The molecular formula is C15H9F3N4S. The van der Waals surface area contributed by atoms with Gasteiger partial charge in [-0.15, -0.1) is 11.3 Å². The van der Waals surface area contributed by atoms with Crippen molar-refractivity contribution in [2.45, 2.75) is 6.18 Å². The van der Waals surface area contributed by atoms with Gasteiger partial charge in [0.2, 0.25) is 0 Å². The molecule has 0 saturated carbocycles. The molecule has 0 spiro atoms. The monoisotopic (exact) mass is 334 g/mol. The molecule has 0 radical (unpaired) electrons. The third-order valence-corrected chi connectivity index (χ3v) is 4.01. The van der Waals surface area contributed by atoms with Crippen LogP contribution < -0.4 is 5.32 Å². The normalized spacial score (nSPS) is 11.2. The number of anilines is 2. The number of aromatic amines is 1. The molecular weight excluding hydrogens is 325 g/mol. The summed E-state index contributed by atoms with van der Waals surface area (Å²) in [5, 5.41) is 20.9. The van der Waals surface area contributed by atoms with Crippen molar-refractivity contribution in [3.63, 3.8) is 0 Å². The fourth-order valence-corrected chi connectivity index (χ4v) is 2.75. The van der Waals surface area contributed by atoms with E-state index in [0.717, 1.165) is 17.0 Å². The maximum Gasteiger partial charge on any atom is 0.416 e. The molecule has 2 aromatic heterocycles. The molecule has 116 valence electrons. The Kier molecular flexibility index (Phi) is 3.80. The summed E-state index contributed by atoms with van der Waals surface area (Å²) in [6.07, 6.45) is -4.38. The van der Waals surface area contributed by atoms with Crippen molar-refractivity contribution in [2.24, 2.45) is 0 Å². The van der Waals surface area contributed by atoms with E-state index in [1.165, 1.54) is 23.5 Å². The number of nitrogens with one attached hydrogen (secondary N) is 2. The van der Waals surface area contributed by atoms with Gasteiger partial charge in [-0.25, -0.2) is 0 Å². The molecule has 0 bridgehead atoms. The number of halogens is 3. The van der Waals surface area contributed by atoms with Crippen molar-refractivity contribution in [1.29, 1.82) is 5.26 Å². The Morgan fingerprint density at radius 3 is 2.48 bits per heavy atom. The third kappa shape index (κ3) is 3.05. The molecule has 0 atom stereocenters. The van der Waals surface area contributed by atoms with E-state index < -0.39 is 11.7 Å². The van der Waals surface area contributed by atoms with Gasteiger partial charge in [-0.2, -0.15) is 23.5 Å². The van der Waals surface area contributed by atoms with E-state index in [9.17, 15) is 18.4 Å². The van der Waals surface area contributed by atoms with E-state index >= 15 is 0 Å². The first-order valence-electron chi connectivity index (χ1n) is 6.45. The van der Waals surface area contributed by atoms with Crippen LogP contribution in [-0.4, -0.2) is 10.2 Å². The number of hydrogen-bond acceptors (Lipinski definition) is 4. The summed E-state index contributed by atoms with van der Waals surface area (Å²) in [6, 6.07) is 10.3. The molecule has 3 rings (SSSR count). The Morgan fingerprint density at radius 1 is 1.17 bits per heavy atom. The van der Waals surface area contributed by atoms with Crippen LogP contribution in [-0.2, 0) is 6.18 Å². The van der Waals surface area contributed by atoms with E-state index in [-0.39, 0.29) is 5.82 Å². The highest BCUT2D eigenvalue weighted by Gasteiger charge is 2.30. The third-order valence-electron chi connectivity index (χ3n) is 3.12. The summed E-state index contributed by atoms with van der Waals surface area (Å²) >= 11 is 1.45. The van der Waals surface area contributed by atoms with Gasteiger partial charge in [0.25, 0.3) is 0 Å².